The molecule has 24 heavy (non-hydrogen) atoms. The Kier molecular flexibility index (Phi) is 6.18. The second kappa shape index (κ2) is 8.13. The quantitative estimate of drug-likeness (QED) is 0.370. The van der Waals surface area contributed by atoms with E-state index in [0.717, 1.165) is 28.1 Å². The fraction of sp³-hybridized carbons (Fsp3) is 0.312. The molecule has 0 spiro atoms. The van der Waals surface area contributed by atoms with Crippen molar-refractivity contribution >= 4 is 40.9 Å². The summed E-state index contributed by atoms with van der Waals surface area (Å²) in [7, 11) is 3.64. The monoisotopic (exact) mass is 440 g/mol. The number of hydrogen-bond acceptors (Lipinski definition) is 4. The summed E-state index contributed by atoms with van der Waals surface area (Å²) in [4.78, 5) is 4.21. The second-order valence-corrected chi connectivity index (χ2v) is 5.28. The Hall–Kier alpha value is -2.10. The Labute approximate surface area is 157 Å². The molecule has 0 radical (unpaired) electrons. The predicted molar refractivity (Wildman–Crippen MR) is 104 cm³/mol. The molecule has 0 unspecified atom stereocenters. The molecule has 128 valence electrons. The number of furan rings is 1. The van der Waals surface area contributed by atoms with Crippen molar-refractivity contribution < 1.29 is 4.42 Å². The molecule has 0 amide bonds. The highest BCUT2D eigenvalue weighted by Crippen LogP contribution is 2.24. The molecule has 3 aromatic rings. The van der Waals surface area contributed by atoms with Crippen molar-refractivity contribution in [3.63, 3.8) is 0 Å². The van der Waals surface area contributed by atoms with E-state index >= 15 is 0 Å². The van der Waals surface area contributed by atoms with Crippen molar-refractivity contribution in [1.82, 2.24) is 25.4 Å². The number of nitrogens with zero attached hydrogens (tertiary/aromatic N) is 4. The third-order valence-corrected chi connectivity index (χ3v) is 3.80. The number of aromatic nitrogens is 3. The van der Waals surface area contributed by atoms with E-state index in [0.29, 0.717) is 19.0 Å². The lowest BCUT2D eigenvalue weighted by atomic mass is 10.1. The van der Waals surface area contributed by atoms with Crippen LogP contribution in [0.2, 0.25) is 0 Å². The summed E-state index contributed by atoms with van der Waals surface area (Å²) < 4.78 is 7.76. The summed E-state index contributed by atoms with van der Waals surface area (Å²) in [6.07, 6.45) is 1.67. The fourth-order valence-corrected chi connectivity index (χ4v) is 2.41. The van der Waals surface area contributed by atoms with Gasteiger partial charge in [-0.15, -0.1) is 34.2 Å². The zero-order valence-electron chi connectivity index (χ0n) is 13.9. The standard InChI is InChI=1S/C16H20N6O.HI/c1-11-12-6-4-5-7-13(12)23-14(11)8-18-16(17-2)19-9-15-21-20-10-22(15)3;/h4-7,10H,8-9H2,1-3H3,(H2,17,18,19);1H. The summed E-state index contributed by atoms with van der Waals surface area (Å²) in [5.74, 6) is 2.44. The Balaban J connectivity index is 0.00000208. The number of aliphatic imine (C=N–C) groups is 1. The number of rotatable bonds is 4. The van der Waals surface area contributed by atoms with Crippen molar-refractivity contribution in [1.29, 1.82) is 0 Å². The molecular formula is C16H21IN6O. The van der Waals surface area contributed by atoms with Crippen LogP contribution in [0.25, 0.3) is 11.0 Å². The van der Waals surface area contributed by atoms with Crippen LogP contribution in [0.15, 0.2) is 40.0 Å². The van der Waals surface area contributed by atoms with E-state index in [9.17, 15) is 0 Å². The van der Waals surface area contributed by atoms with Crippen molar-refractivity contribution in [3.05, 3.63) is 47.7 Å². The van der Waals surface area contributed by atoms with E-state index in [1.54, 1.807) is 13.4 Å². The van der Waals surface area contributed by atoms with Gasteiger partial charge in [-0.3, -0.25) is 4.99 Å². The number of halogens is 1. The second-order valence-electron chi connectivity index (χ2n) is 5.28. The largest absolute Gasteiger partial charge is 0.459 e. The topological polar surface area (TPSA) is 80.3 Å². The molecule has 0 atom stereocenters. The zero-order valence-corrected chi connectivity index (χ0v) is 16.2. The number of nitrogens with one attached hydrogen (secondary N) is 2. The van der Waals surface area contributed by atoms with Crippen LogP contribution >= 0.6 is 24.0 Å². The predicted octanol–water partition coefficient (Wildman–Crippen LogP) is 2.35. The molecule has 7 nitrogen and oxygen atoms in total. The van der Waals surface area contributed by atoms with Gasteiger partial charge in [0.15, 0.2) is 11.8 Å². The van der Waals surface area contributed by atoms with Crippen LogP contribution in [0.5, 0.6) is 0 Å². The SMILES string of the molecule is CN=C(NCc1oc2ccccc2c1C)NCc1nncn1C.I. The van der Waals surface area contributed by atoms with Crippen LogP contribution in [0.3, 0.4) is 0 Å². The summed E-state index contributed by atoms with van der Waals surface area (Å²) in [6.45, 7) is 3.19. The first kappa shape index (κ1) is 18.2. The van der Waals surface area contributed by atoms with E-state index in [1.807, 2.05) is 29.8 Å². The summed E-state index contributed by atoms with van der Waals surface area (Å²) >= 11 is 0. The maximum absolute atomic E-state index is 5.89. The first-order chi connectivity index (χ1) is 11.2. The van der Waals surface area contributed by atoms with E-state index in [2.05, 4.69) is 38.8 Å². The van der Waals surface area contributed by atoms with Crippen LogP contribution in [0.1, 0.15) is 17.1 Å². The molecule has 0 bridgehead atoms. The summed E-state index contributed by atoms with van der Waals surface area (Å²) in [6, 6.07) is 8.04. The zero-order chi connectivity index (χ0) is 16.2. The van der Waals surface area contributed by atoms with Gasteiger partial charge in [-0.2, -0.15) is 0 Å². The van der Waals surface area contributed by atoms with Crippen LogP contribution < -0.4 is 10.6 Å². The lowest BCUT2D eigenvalue weighted by molar-refractivity contribution is 0.534. The molecular weight excluding hydrogens is 419 g/mol. The van der Waals surface area contributed by atoms with E-state index in [-0.39, 0.29) is 24.0 Å². The number of aryl methyl sites for hydroxylation is 2. The molecule has 0 saturated carbocycles. The maximum atomic E-state index is 5.89. The molecule has 2 heterocycles. The average Bonchev–Trinajstić information content (AvgIpc) is 3.12. The van der Waals surface area contributed by atoms with Gasteiger partial charge >= 0.3 is 0 Å². The summed E-state index contributed by atoms with van der Waals surface area (Å²) in [5, 5.41) is 15.5. The van der Waals surface area contributed by atoms with Crippen LogP contribution in [-0.2, 0) is 20.1 Å². The third kappa shape index (κ3) is 3.86. The number of hydrogen-bond donors (Lipinski definition) is 2. The lowest BCUT2D eigenvalue weighted by Crippen LogP contribution is -2.36. The third-order valence-electron chi connectivity index (χ3n) is 3.80. The average molecular weight is 440 g/mol. The summed E-state index contributed by atoms with van der Waals surface area (Å²) in [5.41, 5.74) is 2.06. The Morgan fingerprint density at radius 2 is 2.00 bits per heavy atom. The fourth-order valence-electron chi connectivity index (χ4n) is 2.41. The van der Waals surface area contributed by atoms with E-state index < -0.39 is 0 Å². The Bertz CT molecular complexity index is 838. The van der Waals surface area contributed by atoms with Gasteiger partial charge < -0.3 is 19.6 Å². The van der Waals surface area contributed by atoms with Crippen molar-refractivity contribution in [2.75, 3.05) is 7.05 Å². The minimum atomic E-state index is 0. The van der Waals surface area contributed by atoms with Gasteiger partial charge in [0.25, 0.3) is 0 Å². The van der Waals surface area contributed by atoms with Crippen molar-refractivity contribution in [2.24, 2.45) is 12.0 Å². The molecule has 1 aromatic carbocycles. The molecule has 0 aliphatic heterocycles. The van der Waals surface area contributed by atoms with Gasteiger partial charge in [0.1, 0.15) is 17.7 Å². The maximum Gasteiger partial charge on any atom is 0.191 e. The van der Waals surface area contributed by atoms with Gasteiger partial charge in [0.2, 0.25) is 0 Å². The van der Waals surface area contributed by atoms with Gasteiger partial charge in [-0.1, -0.05) is 18.2 Å². The number of para-hydroxylation sites is 1. The lowest BCUT2D eigenvalue weighted by Gasteiger charge is -2.10. The highest BCUT2D eigenvalue weighted by molar-refractivity contribution is 14.0. The smallest absolute Gasteiger partial charge is 0.191 e. The van der Waals surface area contributed by atoms with E-state index in [4.69, 9.17) is 4.42 Å². The van der Waals surface area contributed by atoms with Crippen LogP contribution in [-0.4, -0.2) is 27.8 Å². The minimum absolute atomic E-state index is 0. The first-order valence-corrected chi connectivity index (χ1v) is 7.43. The van der Waals surface area contributed by atoms with E-state index in [1.165, 1.54) is 0 Å². The van der Waals surface area contributed by atoms with Gasteiger partial charge in [-0.25, -0.2) is 0 Å². The van der Waals surface area contributed by atoms with Gasteiger partial charge in [0, 0.05) is 25.0 Å². The first-order valence-electron chi connectivity index (χ1n) is 7.43. The molecule has 0 aliphatic carbocycles. The minimum Gasteiger partial charge on any atom is -0.459 e. The number of guanidine groups is 1. The van der Waals surface area contributed by atoms with Crippen LogP contribution in [0.4, 0.5) is 0 Å². The number of benzene rings is 1. The van der Waals surface area contributed by atoms with Crippen LogP contribution in [0, 0.1) is 6.92 Å². The Morgan fingerprint density at radius 1 is 1.25 bits per heavy atom. The molecule has 0 saturated heterocycles. The highest BCUT2D eigenvalue weighted by atomic mass is 127. The molecule has 8 heteroatoms. The molecule has 2 N–H and O–H groups in total. The van der Waals surface area contributed by atoms with Crippen molar-refractivity contribution in [2.45, 2.75) is 20.0 Å². The number of fused-ring (bicyclic) bond motifs is 1. The van der Waals surface area contributed by atoms with Crippen molar-refractivity contribution in [3.8, 4) is 0 Å². The molecule has 0 aliphatic rings. The normalized spacial score (nSPS) is 11.4. The highest BCUT2D eigenvalue weighted by Gasteiger charge is 2.10. The molecule has 2 aromatic heterocycles. The Morgan fingerprint density at radius 3 is 2.67 bits per heavy atom. The molecule has 3 rings (SSSR count). The van der Waals surface area contributed by atoms with Gasteiger partial charge in [-0.05, 0) is 13.0 Å². The van der Waals surface area contributed by atoms with Gasteiger partial charge in [0.05, 0.1) is 13.1 Å². The molecule has 0 fully saturated rings.